The molecule has 0 saturated carbocycles. The van der Waals surface area contributed by atoms with E-state index in [9.17, 15) is 9.59 Å². The number of rotatable bonds is 9. The van der Waals surface area contributed by atoms with Crippen molar-refractivity contribution in [3.63, 3.8) is 0 Å². The van der Waals surface area contributed by atoms with Crippen LogP contribution in [0.3, 0.4) is 0 Å². The second kappa shape index (κ2) is 9.20. The molecule has 1 amide bonds. The number of nitrogens with zero attached hydrogens (tertiary/aromatic N) is 2. The topological polar surface area (TPSA) is 88.6 Å². The number of benzene rings is 1. The van der Waals surface area contributed by atoms with E-state index in [2.05, 4.69) is 22.1 Å². The van der Waals surface area contributed by atoms with Gasteiger partial charge in [-0.05, 0) is 38.3 Å². The number of likely N-dealkylation sites (N-methyl/N-ethyl adjacent to an activating group) is 1. The Kier molecular flexibility index (Phi) is 6.69. The van der Waals surface area contributed by atoms with Crippen LogP contribution in [-0.2, 0) is 11.3 Å². The van der Waals surface area contributed by atoms with E-state index in [1.165, 1.54) is 4.57 Å². The van der Waals surface area contributed by atoms with Gasteiger partial charge < -0.3 is 24.7 Å². The number of unbranched alkanes of at least 4 members (excludes halogenated alkanes) is 1. The number of hydrogen-bond acceptors (Lipinski definition) is 6. The highest BCUT2D eigenvalue weighted by molar-refractivity contribution is 7.71. The molecule has 0 aliphatic carbocycles. The molecule has 0 fully saturated rings. The molecule has 2 aromatic rings. The van der Waals surface area contributed by atoms with Crippen LogP contribution in [0.15, 0.2) is 16.9 Å². The van der Waals surface area contributed by atoms with Crippen LogP contribution in [0.4, 0.5) is 0 Å². The third-order valence-corrected chi connectivity index (χ3v) is 5.07. The predicted octanol–water partition coefficient (Wildman–Crippen LogP) is 2.03. The van der Waals surface area contributed by atoms with Gasteiger partial charge in [0.25, 0.3) is 5.56 Å². The van der Waals surface area contributed by atoms with E-state index in [0.717, 1.165) is 25.9 Å². The van der Waals surface area contributed by atoms with Crippen LogP contribution >= 0.6 is 12.2 Å². The molecular weight excluding hydrogens is 380 g/mol. The highest BCUT2D eigenvalue weighted by atomic mass is 32.1. The maximum absolute atomic E-state index is 12.8. The highest BCUT2D eigenvalue weighted by Gasteiger charge is 2.17. The monoisotopic (exact) mass is 406 g/mol. The summed E-state index contributed by atoms with van der Waals surface area (Å²) in [6, 6.07) is 3.36. The SMILES string of the molecule is CCCCN(C)CCNC(=O)CCn1c(=S)[nH]c2cc3c(cc2c1=O)OCO3. The van der Waals surface area contributed by atoms with Gasteiger partial charge in [0.2, 0.25) is 12.7 Å². The van der Waals surface area contributed by atoms with Crippen molar-refractivity contribution >= 4 is 29.0 Å². The van der Waals surface area contributed by atoms with Gasteiger partial charge in [0, 0.05) is 32.1 Å². The van der Waals surface area contributed by atoms with Gasteiger partial charge in [-0.1, -0.05) is 13.3 Å². The van der Waals surface area contributed by atoms with Crippen LogP contribution in [0.25, 0.3) is 10.9 Å². The average Bonchev–Trinajstić information content (AvgIpc) is 3.12. The lowest BCUT2D eigenvalue weighted by atomic mass is 10.2. The summed E-state index contributed by atoms with van der Waals surface area (Å²) in [6.45, 7) is 4.91. The van der Waals surface area contributed by atoms with E-state index in [1.54, 1.807) is 12.1 Å². The first-order valence-electron chi connectivity index (χ1n) is 9.51. The van der Waals surface area contributed by atoms with Gasteiger partial charge in [-0.25, -0.2) is 0 Å². The Balaban J connectivity index is 1.61. The van der Waals surface area contributed by atoms with Crippen LogP contribution < -0.4 is 20.3 Å². The zero-order valence-electron chi connectivity index (χ0n) is 16.2. The summed E-state index contributed by atoms with van der Waals surface area (Å²) in [4.78, 5) is 30.2. The summed E-state index contributed by atoms with van der Waals surface area (Å²) in [5, 5.41) is 3.35. The Bertz CT molecular complexity index is 969. The number of fused-ring (bicyclic) bond motifs is 2. The Morgan fingerprint density at radius 1 is 1.32 bits per heavy atom. The molecule has 0 radical (unpaired) electrons. The molecule has 0 saturated heterocycles. The number of amides is 1. The van der Waals surface area contributed by atoms with Gasteiger partial charge in [0.05, 0.1) is 10.9 Å². The summed E-state index contributed by atoms with van der Waals surface area (Å²) < 4.78 is 12.4. The van der Waals surface area contributed by atoms with Crippen LogP contribution in [0, 0.1) is 4.77 Å². The van der Waals surface area contributed by atoms with Gasteiger partial charge in [-0.3, -0.25) is 14.2 Å². The highest BCUT2D eigenvalue weighted by Crippen LogP contribution is 2.34. The average molecular weight is 407 g/mol. The molecular formula is C19H26N4O4S. The maximum atomic E-state index is 12.8. The minimum absolute atomic E-state index is 0.101. The van der Waals surface area contributed by atoms with Crippen molar-refractivity contribution < 1.29 is 14.3 Å². The van der Waals surface area contributed by atoms with Crippen molar-refractivity contribution in [1.82, 2.24) is 19.8 Å². The third kappa shape index (κ3) is 4.71. The largest absolute Gasteiger partial charge is 0.454 e. The summed E-state index contributed by atoms with van der Waals surface area (Å²) in [5.74, 6) is 1.01. The Hall–Kier alpha value is -2.39. The first-order chi connectivity index (χ1) is 13.5. The summed E-state index contributed by atoms with van der Waals surface area (Å²) in [6.07, 6.45) is 2.49. The lowest BCUT2D eigenvalue weighted by Gasteiger charge is -2.16. The number of aromatic amines is 1. The van der Waals surface area contributed by atoms with Gasteiger partial charge in [-0.2, -0.15) is 0 Å². The molecule has 152 valence electrons. The predicted molar refractivity (Wildman–Crippen MR) is 110 cm³/mol. The molecule has 1 aliphatic heterocycles. The Morgan fingerprint density at radius 3 is 2.82 bits per heavy atom. The molecule has 9 heteroatoms. The Labute approximate surface area is 168 Å². The normalized spacial score (nSPS) is 12.7. The minimum atomic E-state index is -0.246. The standard InChI is InChI=1S/C19H26N4O4S/c1-3-4-7-22(2)9-6-20-17(24)5-8-23-18(25)13-10-15-16(27-12-26-15)11-14(13)21-19(23)28/h10-11H,3-9,12H2,1-2H3,(H,20,24)(H,21,28). The van der Waals surface area contributed by atoms with Crippen LogP contribution in [0.2, 0.25) is 0 Å². The summed E-state index contributed by atoms with van der Waals surface area (Å²) in [5.41, 5.74) is 0.346. The molecule has 0 atom stereocenters. The van der Waals surface area contributed by atoms with E-state index in [1.807, 2.05) is 7.05 Å². The van der Waals surface area contributed by atoms with Crippen molar-refractivity contribution in [2.24, 2.45) is 0 Å². The van der Waals surface area contributed by atoms with Crippen molar-refractivity contribution in [1.29, 1.82) is 0 Å². The van der Waals surface area contributed by atoms with Crippen molar-refractivity contribution in [3.8, 4) is 11.5 Å². The first-order valence-corrected chi connectivity index (χ1v) is 9.92. The van der Waals surface area contributed by atoms with Crippen LogP contribution in [-0.4, -0.2) is 53.8 Å². The fourth-order valence-corrected chi connectivity index (χ4v) is 3.36. The zero-order chi connectivity index (χ0) is 20.1. The molecule has 0 unspecified atom stereocenters. The van der Waals surface area contributed by atoms with E-state index in [0.29, 0.717) is 28.9 Å². The Morgan fingerprint density at radius 2 is 2.07 bits per heavy atom. The number of carbonyl (C=O) groups excluding carboxylic acids is 1. The van der Waals surface area contributed by atoms with Crippen LogP contribution in [0.5, 0.6) is 11.5 Å². The second-order valence-corrected chi connectivity index (χ2v) is 7.28. The molecule has 8 nitrogen and oxygen atoms in total. The summed E-state index contributed by atoms with van der Waals surface area (Å²) >= 11 is 5.31. The fourth-order valence-electron chi connectivity index (χ4n) is 3.07. The van der Waals surface area contributed by atoms with Crippen molar-refractivity contribution in [2.75, 3.05) is 33.5 Å². The third-order valence-electron chi connectivity index (χ3n) is 4.75. The molecule has 1 aromatic carbocycles. The van der Waals surface area contributed by atoms with Gasteiger partial charge >= 0.3 is 0 Å². The number of nitrogens with one attached hydrogen (secondary N) is 2. The van der Waals surface area contributed by atoms with Crippen molar-refractivity contribution in [3.05, 3.63) is 27.3 Å². The second-order valence-electron chi connectivity index (χ2n) is 6.89. The fraction of sp³-hybridized carbons (Fsp3) is 0.526. The number of carbonyl (C=O) groups is 1. The van der Waals surface area contributed by atoms with Gasteiger partial charge in [-0.15, -0.1) is 0 Å². The molecule has 0 spiro atoms. The smallest absolute Gasteiger partial charge is 0.262 e. The number of ether oxygens (including phenoxy) is 2. The molecule has 1 aromatic heterocycles. The van der Waals surface area contributed by atoms with Gasteiger partial charge in [0.1, 0.15) is 0 Å². The van der Waals surface area contributed by atoms with E-state index < -0.39 is 0 Å². The molecule has 2 heterocycles. The van der Waals surface area contributed by atoms with Crippen LogP contribution in [0.1, 0.15) is 26.2 Å². The zero-order valence-corrected chi connectivity index (χ0v) is 17.1. The molecule has 3 rings (SSSR count). The van der Waals surface area contributed by atoms with E-state index >= 15 is 0 Å². The quantitative estimate of drug-likeness (QED) is 0.620. The van der Waals surface area contributed by atoms with Gasteiger partial charge in [0.15, 0.2) is 16.3 Å². The number of hydrogen-bond donors (Lipinski definition) is 2. The van der Waals surface area contributed by atoms with E-state index in [-0.39, 0.29) is 36.0 Å². The van der Waals surface area contributed by atoms with E-state index in [4.69, 9.17) is 21.7 Å². The molecule has 2 N–H and O–H groups in total. The lowest BCUT2D eigenvalue weighted by Crippen LogP contribution is -2.34. The lowest BCUT2D eigenvalue weighted by molar-refractivity contribution is -0.121. The summed E-state index contributed by atoms with van der Waals surface area (Å²) in [7, 11) is 2.04. The molecule has 1 aliphatic rings. The maximum Gasteiger partial charge on any atom is 0.262 e. The molecule has 28 heavy (non-hydrogen) atoms. The minimum Gasteiger partial charge on any atom is -0.454 e. The van der Waals surface area contributed by atoms with Crippen molar-refractivity contribution in [2.45, 2.75) is 32.7 Å². The number of aromatic nitrogens is 2. The molecule has 0 bridgehead atoms. The number of H-pyrrole nitrogens is 1. The first kappa shape index (κ1) is 20.3.